The Morgan fingerprint density at radius 3 is 2.83 bits per heavy atom. The van der Waals surface area contributed by atoms with Gasteiger partial charge in [0.25, 0.3) is 0 Å². The Labute approximate surface area is 109 Å². The van der Waals surface area contributed by atoms with Crippen molar-refractivity contribution in [2.45, 2.75) is 39.2 Å². The molecule has 1 aromatic heterocycles. The molecule has 0 aliphatic heterocycles. The lowest BCUT2D eigenvalue weighted by molar-refractivity contribution is 0.541. The molecule has 3 heteroatoms. The SMILES string of the molecule is CCCCCCn1cc(-c2cccc(N)c2)cn1. The van der Waals surface area contributed by atoms with E-state index in [-0.39, 0.29) is 0 Å². The number of aromatic nitrogens is 2. The van der Waals surface area contributed by atoms with Crippen LogP contribution in [0.1, 0.15) is 32.6 Å². The zero-order valence-electron chi connectivity index (χ0n) is 11.0. The van der Waals surface area contributed by atoms with Gasteiger partial charge in [-0.2, -0.15) is 5.10 Å². The van der Waals surface area contributed by atoms with Crippen LogP contribution in [-0.4, -0.2) is 9.78 Å². The predicted octanol–water partition coefficient (Wildman–Crippen LogP) is 3.71. The maximum absolute atomic E-state index is 5.79. The highest BCUT2D eigenvalue weighted by Gasteiger charge is 2.01. The van der Waals surface area contributed by atoms with Crippen molar-refractivity contribution in [2.75, 3.05) is 5.73 Å². The molecule has 0 fully saturated rings. The molecule has 0 aliphatic carbocycles. The molecule has 18 heavy (non-hydrogen) atoms. The van der Waals surface area contributed by atoms with Crippen LogP contribution in [0, 0.1) is 0 Å². The lowest BCUT2D eigenvalue weighted by atomic mass is 10.1. The van der Waals surface area contributed by atoms with Crippen LogP contribution in [0.25, 0.3) is 11.1 Å². The van der Waals surface area contributed by atoms with E-state index in [0.29, 0.717) is 0 Å². The van der Waals surface area contributed by atoms with E-state index in [1.807, 2.05) is 29.1 Å². The molecule has 0 saturated heterocycles. The molecule has 2 aromatic rings. The third-order valence-corrected chi connectivity index (χ3v) is 3.09. The fourth-order valence-corrected chi connectivity index (χ4v) is 2.05. The van der Waals surface area contributed by atoms with Crippen molar-refractivity contribution in [3.05, 3.63) is 36.7 Å². The van der Waals surface area contributed by atoms with Gasteiger partial charge in [0.05, 0.1) is 6.20 Å². The third-order valence-electron chi connectivity index (χ3n) is 3.09. The number of unbranched alkanes of at least 4 members (excludes halogenated alkanes) is 3. The molecule has 3 nitrogen and oxygen atoms in total. The zero-order valence-corrected chi connectivity index (χ0v) is 11.0. The summed E-state index contributed by atoms with van der Waals surface area (Å²) in [6.07, 6.45) is 9.07. The van der Waals surface area contributed by atoms with E-state index in [0.717, 1.165) is 23.4 Å². The monoisotopic (exact) mass is 243 g/mol. The summed E-state index contributed by atoms with van der Waals surface area (Å²) in [5.74, 6) is 0. The highest BCUT2D eigenvalue weighted by atomic mass is 15.3. The van der Waals surface area contributed by atoms with Crippen molar-refractivity contribution in [2.24, 2.45) is 0 Å². The van der Waals surface area contributed by atoms with Crippen LogP contribution in [0.15, 0.2) is 36.7 Å². The Bertz CT molecular complexity index is 488. The zero-order chi connectivity index (χ0) is 12.8. The molecular weight excluding hydrogens is 222 g/mol. The van der Waals surface area contributed by atoms with Gasteiger partial charge in [-0.3, -0.25) is 4.68 Å². The molecule has 0 radical (unpaired) electrons. The van der Waals surface area contributed by atoms with Crippen LogP contribution in [0.4, 0.5) is 5.69 Å². The predicted molar refractivity (Wildman–Crippen MR) is 76.2 cm³/mol. The summed E-state index contributed by atoms with van der Waals surface area (Å²) < 4.78 is 2.02. The Morgan fingerprint density at radius 2 is 2.06 bits per heavy atom. The lowest BCUT2D eigenvalue weighted by Gasteiger charge is -2.01. The molecule has 1 aromatic carbocycles. The second kappa shape index (κ2) is 6.24. The topological polar surface area (TPSA) is 43.8 Å². The average Bonchev–Trinajstić information content (AvgIpc) is 2.83. The Kier molecular flexibility index (Phi) is 4.40. The van der Waals surface area contributed by atoms with Crippen LogP contribution in [0.5, 0.6) is 0 Å². The maximum atomic E-state index is 5.79. The van der Waals surface area contributed by atoms with E-state index in [2.05, 4.69) is 24.3 Å². The maximum Gasteiger partial charge on any atom is 0.0568 e. The second-order valence-corrected chi connectivity index (χ2v) is 4.68. The molecule has 0 atom stereocenters. The molecule has 0 spiro atoms. The quantitative estimate of drug-likeness (QED) is 0.621. The van der Waals surface area contributed by atoms with Crippen LogP contribution in [0.3, 0.4) is 0 Å². The summed E-state index contributed by atoms with van der Waals surface area (Å²) >= 11 is 0. The summed E-state index contributed by atoms with van der Waals surface area (Å²) in [7, 11) is 0. The Balaban J connectivity index is 1.97. The molecular formula is C15H21N3. The minimum Gasteiger partial charge on any atom is -0.399 e. The fourth-order valence-electron chi connectivity index (χ4n) is 2.05. The number of hydrogen-bond donors (Lipinski definition) is 1. The Morgan fingerprint density at radius 1 is 1.17 bits per heavy atom. The summed E-state index contributed by atoms with van der Waals surface area (Å²) in [6, 6.07) is 7.93. The van der Waals surface area contributed by atoms with E-state index in [1.54, 1.807) is 0 Å². The second-order valence-electron chi connectivity index (χ2n) is 4.68. The average molecular weight is 243 g/mol. The van der Waals surface area contributed by atoms with Crippen molar-refractivity contribution < 1.29 is 0 Å². The van der Waals surface area contributed by atoms with Crippen LogP contribution in [0.2, 0.25) is 0 Å². The molecule has 0 aliphatic rings. The molecule has 96 valence electrons. The lowest BCUT2D eigenvalue weighted by Crippen LogP contribution is -1.97. The van der Waals surface area contributed by atoms with Gasteiger partial charge in [0.1, 0.15) is 0 Å². The van der Waals surface area contributed by atoms with Crippen molar-refractivity contribution >= 4 is 5.69 Å². The van der Waals surface area contributed by atoms with Crippen molar-refractivity contribution in [3.63, 3.8) is 0 Å². The Hall–Kier alpha value is -1.77. The largest absolute Gasteiger partial charge is 0.399 e. The number of anilines is 1. The first-order valence-electron chi connectivity index (χ1n) is 6.68. The summed E-state index contributed by atoms with van der Waals surface area (Å²) in [6.45, 7) is 3.23. The van der Waals surface area contributed by atoms with E-state index in [9.17, 15) is 0 Å². The number of nitrogens with two attached hydrogens (primary N) is 1. The molecule has 2 rings (SSSR count). The minimum absolute atomic E-state index is 0.795. The van der Waals surface area contributed by atoms with E-state index in [4.69, 9.17) is 5.73 Å². The van der Waals surface area contributed by atoms with Gasteiger partial charge in [0, 0.05) is 24.0 Å². The van der Waals surface area contributed by atoms with Gasteiger partial charge in [0.2, 0.25) is 0 Å². The van der Waals surface area contributed by atoms with Crippen molar-refractivity contribution in [1.82, 2.24) is 9.78 Å². The first-order valence-corrected chi connectivity index (χ1v) is 6.68. The van der Waals surface area contributed by atoms with Crippen molar-refractivity contribution in [1.29, 1.82) is 0 Å². The van der Waals surface area contributed by atoms with E-state index < -0.39 is 0 Å². The number of nitrogen functional groups attached to an aromatic ring is 1. The molecule has 0 amide bonds. The molecule has 1 heterocycles. The number of benzene rings is 1. The normalized spacial score (nSPS) is 10.7. The van der Waals surface area contributed by atoms with Gasteiger partial charge in [-0.15, -0.1) is 0 Å². The fraction of sp³-hybridized carbons (Fsp3) is 0.400. The highest BCUT2D eigenvalue weighted by Crippen LogP contribution is 2.20. The van der Waals surface area contributed by atoms with Crippen LogP contribution >= 0.6 is 0 Å². The molecule has 0 unspecified atom stereocenters. The summed E-state index contributed by atoms with van der Waals surface area (Å²) in [5, 5.41) is 4.40. The molecule has 0 bridgehead atoms. The van der Waals surface area contributed by atoms with Gasteiger partial charge in [-0.1, -0.05) is 38.3 Å². The highest BCUT2D eigenvalue weighted by molar-refractivity contribution is 5.65. The number of rotatable bonds is 6. The summed E-state index contributed by atoms with van der Waals surface area (Å²) in [5.41, 5.74) is 8.85. The van der Waals surface area contributed by atoms with Gasteiger partial charge >= 0.3 is 0 Å². The van der Waals surface area contributed by atoms with Crippen molar-refractivity contribution in [3.8, 4) is 11.1 Å². The number of hydrogen-bond acceptors (Lipinski definition) is 2. The van der Waals surface area contributed by atoms with Gasteiger partial charge in [0.15, 0.2) is 0 Å². The van der Waals surface area contributed by atoms with Crippen LogP contribution < -0.4 is 5.73 Å². The first-order chi connectivity index (χ1) is 8.79. The smallest absolute Gasteiger partial charge is 0.0568 e. The summed E-state index contributed by atoms with van der Waals surface area (Å²) in [4.78, 5) is 0. The molecule has 2 N–H and O–H groups in total. The van der Waals surface area contributed by atoms with Gasteiger partial charge in [-0.25, -0.2) is 0 Å². The standard InChI is InChI=1S/C15H21N3/c1-2-3-4-5-9-18-12-14(11-17-18)13-7-6-8-15(16)10-13/h6-8,10-12H,2-5,9,16H2,1H3. The minimum atomic E-state index is 0.795. The van der Waals surface area contributed by atoms with Gasteiger partial charge in [-0.05, 0) is 24.1 Å². The van der Waals surface area contributed by atoms with E-state index in [1.165, 1.54) is 25.7 Å². The third kappa shape index (κ3) is 3.36. The number of nitrogens with zero attached hydrogens (tertiary/aromatic N) is 2. The van der Waals surface area contributed by atoms with Crippen LogP contribution in [-0.2, 0) is 6.54 Å². The van der Waals surface area contributed by atoms with Gasteiger partial charge < -0.3 is 5.73 Å². The van der Waals surface area contributed by atoms with E-state index >= 15 is 0 Å². The number of aryl methyl sites for hydroxylation is 1. The first kappa shape index (κ1) is 12.7. The molecule has 0 saturated carbocycles.